The number of fused-ring (bicyclic) bond motifs is 1. The van der Waals surface area contributed by atoms with Crippen LogP contribution in [0.1, 0.15) is 36.7 Å². The Morgan fingerprint density at radius 3 is 2.29 bits per heavy atom. The molecule has 0 aliphatic carbocycles. The van der Waals surface area contributed by atoms with Gasteiger partial charge in [-0.1, -0.05) is 36.4 Å². The Morgan fingerprint density at radius 1 is 0.895 bits per heavy atom. The number of amides is 2. The number of benzene rings is 3. The Kier molecular flexibility index (Phi) is 6.93. The van der Waals surface area contributed by atoms with Crippen molar-refractivity contribution in [1.82, 2.24) is 4.90 Å². The summed E-state index contributed by atoms with van der Waals surface area (Å²) in [6.07, 6.45) is 2.08. The highest BCUT2D eigenvalue weighted by atomic mass is 19.1. The summed E-state index contributed by atoms with van der Waals surface area (Å²) in [5.41, 5.74) is 3.44. The van der Waals surface area contributed by atoms with Gasteiger partial charge < -0.3 is 14.5 Å². The second-order valence-electron chi connectivity index (χ2n) is 10.3. The van der Waals surface area contributed by atoms with Crippen molar-refractivity contribution >= 4 is 28.8 Å². The Hall–Kier alpha value is -4.13. The maximum atomic E-state index is 14.1. The molecule has 0 saturated carbocycles. The molecule has 0 N–H and O–H groups in total. The van der Waals surface area contributed by atoms with E-state index in [1.807, 2.05) is 85.2 Å². The number of piperazine rings is 1. The summed E-state index contributed by atoms with van der Waals surface area (Å²) in [6, 6.07) is 21.6. The number of allylic oxidation sites excluding steroid dienone is 1. The Balaban J connectivity index is 1.26. The number of halogens is 1. The van der Waals surface area contributed by atoms with E-state index in [0.29, 0.717) is 43.2 Å². The first kappa shape index (κ1) is 25.5. The van der Waals surface area contributed by atoms with E-state index in [4.69, 9.17) is 4.74 Å². The van der Waals surface area contributed by atoms with Crippen molar-refractivity contribution in [3.05, 3.63) is 95.8 Å². The molecular weight excluding hydrogens is 481 g/mol. The molecule has 38 heavy (non-hydrogen) atoms. The van der Waals surface area contributed by atoms with Crippen LogP contribution in [0.2, 0.25) is 0 Å². The molecule has 2 aliphatic heterocycles. The summed E-state index contributed by atoms with van der Waals surface area (Å²) >= 11 is 0. The van der Waals surface area contributed by atoms with Crippen LogP contribution in [-0.2, 0) is 4.79 Å². The van der Waals surface area contributed by atoms with Crippen molar-refractivity contribution in [3.8, 4) is 5.75 Å². The van der Waals surface area contributed by atoms with Gasteiger partial charge in [0.2, 0.25) is 0 Å². The largest absolute Gasteiger partial charge is 0.484 e. The normalized spacial score (nSPS) is 16.5. The highest BCUT2D eigenvalue weighted by Gasteiger charge is 2.36. The van der Waals surface area contributed by atoms with Crippen LogP contribution in [-0.4, -0.2) is 55.0 Å². The minimum Gasteiger partial charge on any atom is -0.484 e. The molecule has 1 fully saturated rings. The fourth-order valence-electron chi connectivity index (χ4n) is 5.32. The van der Waals surface area contributed by atoms with Gasteiger partial charge in [-0.3, -0.25) is 14.5 Å². The van der Waals surface area contributed by atoms with Gasteiger partial charge in [-0.05, 0) is 68.8 Å². The zero-order chi connectivity index (χ0) is 26.9. The standard InChI is InChI=1S/C31H32FN3O3/c1-22-20-31(2,3)35(30(37)23-9-5-4-6-10-23)27-14-13-24(19-25(22)27)38-21-29(36)34-17-15-33(16-18-34)28-12-8-7-11-26(28)32/h4-14,19-20H,15-18,21H2,1-3H3. The minimum atomic E-state index is -0.507. The van der Waals surface area contributed by atoms with Crippen molar-refractivity contribution in [2.45, 2.75) is 26.3 Å². The maximum absolute atomic E-state index is 14.1. The molecule has 3 aromatic rings. The number of ether oxygens (including phenoxy) is 1. The highest BCUT2D eigenvalue weighted by Crippen LogP contribution is 2.41. The molecule has 2 aliphatic rings. The zero-order valence-corrected chi connectivity index (χ0v) is 22.0. The minimum absolute atomic E-state index is 0.0704. The van der Waals surface area contributed by atoms with E-state index in [1.54, 1.807) is 17.0 Å². The third-order valence-electron chi connectivity index (χ3n) is 7.19. The molecule has 0 aromatic heterocycles. The van der Waals surface area contributed by atoms with Crippen LogP contribution in [0.3, 0.4) is 0 Å². The first-order chi connectivity index (χ1) is 18.2. The van der Waals surface area contributed by atoms with Crippen LogP contribution < -0.4 is 14.5 Å². The zero-order valence-electron chi connectivity index (χ0n) is 22.0. The van der Waals surface area contributed by atoms with Crippen molar-refractivity contribution < 1.29 is 18.7 Å². The average molecular weight is 514 g/mol. The number of hydrogen-bond donors (Lipinski definition) is 0. The van der Waals surface area contributed by atoms with Gasteiger partial charge in [-0.2, -0.15) is 0 Å². The number of carbonyl (C=O) groups excluding carboxylic acids is 2. The molecule has 2 heterocycles. The average Bonchev–Trinajstić information content (AvgIpc) is 2.92. The molecule has 0 radical (unpaired) electrons. The van der Waals surface area contributed by atoms with Crippen LogP contribution in [0, 0.1) is 5.82 Å². The quantitative estimate of drug-likeness (QED) is 0.459. The van der Waals surface area contributed by atoms with Gasteiger partial charge in [-0.25, -0.2) is 4.39 Å². The summed E-state index contributed by atoms with van der Waals surface area (Å²) < 4.78 is 20.0. The lowest BCUT2D eigenvalue weighted by Gasteiger charge is -2.41. The van der Waals surface area contributed by atoms with E-state index in [2.05, 4.69) is 6.08 Å². The number of rotatable bonds is 5. The smallest absolute Gasteiger partial charge is 0.260 e. The molecule has 7 heteroatoms. The van der Waals surface area contributed by atoms with Crippen molar-refractivity contribution in [1.29, 1.82) is 0 Å². The van der Waals surface area contributed by atoms with Gasteiger partial charge in [-0.15, -0.1) is 0 Å². The number of carbonyl (C=O) groups is 2. The molecule has 1 saturated heterocycles. The maximum Gasteiger partial charge on any atom is 0.260 e. The molecule has 0 unspecified atom stereocenters. The van der Waals surface area contributed by atoms with Gasteiger partial charge in [0.25, 0.3) is 11.8 Å². The lowest BCUT2D eigenvalue weighted by Crippen LogP contribution is -2.50. The molecule has 2 amide bonds. The number of nitrogens with zero attached hydrogens (tertiary/aromatic N) is 3. The van der Waals surface area contributed by atoms with Gasteiger partial charge in [0.15, 0.2) is 6.61 Å². The van der Waals surface area contributed by atoms with Gasteiger partial charge in [0.1, 0.15) is 11.6 Å². The van der Waals surface area contributed by atoms with E-state index < -0.39 is 5.54 Å². The Bertz CT molecular complexity index is 1380. The summed E-state index contributed by atoms with van der Waals surface area (Å²) in [5.74, 6) is 0.144. The SMILES string of the molecule is CC1=CC(C)(C)N(C(=O)c2ccccc2)c2ccc(OCC(=O)N3CCN(c4ccccc4F)CC3)cc21. The molecule has 6 nitrogen and oxygen atoms in total. The van der Waals surface area contributed by atoms with Crippen molar-refractivity contribution in [3.63, 3.8) is 0 Å². The summed E-state index contributed by atoms with van der Waals surface area (Å²) in [5, 5.41) is 0. The fraction of sp³-hybridized carbons (Fsp3) is 0.290. The number of hydrogen-bond acceptors (Lipinski definition) is 4. The van der Waals surface area contributed by atoms with E-state index in [-0.39, 0.29) is 24.2 Å². The molecule has 5 rings (SSSR count). The van der Waals surface area contributed by atoms with Gasteiger partial charge in [0.05, 0.1) is 16.9 Å². The molecule has 196 valence electrons. The molecule has 0 atom stereocenters. The monoisotopic (exact) mass is 513 g/mol. The molecule has 0 spiro atoms. The van der Waals surface area contributed by atoms with Crippen LogP contribution in [0.15, 0.2) is 78.9 Å². The lowest BCUT2D eigenvalue weighted by molar-refractivity contribution is -0.133. The topological polar surface area (TPSA) is 53.1 Å². The summed E-state index contributed by atoms with van der Waals surface area (Å²) in [7, 11) is 0. The van der Waals surface area contributed by atoms with E-state index in [1.165, 1.54) is 6.07 Å². The lowest BCUT2D eigenvalue weighted by atomic mass is 9.88. The summed E-state index contributed by atoms with van der Waals surface area (Å²) in [6.45, 7) is 8.13. The van der Waals surface area contributed by atoms with Crippen molar-refractivity contribution in [2.24, 2.45) is 0 Å². The predicted octanol–water partition coefficient (Wildman–Crippen LogP) is 5.40. The second kappa shape index (κ2) is 10.3. The van der Waals surface area contributed by atoms with Crippen LogP contribution in [0.4, 0.5) is 15.8 Å². The van der Waals surface area contributed by atoms with Gasteiger partial charge in [0, 0.05) is 37.3 Å². The van der Waals surface area contributed by atoms with E-state index >= 15 is 0 Å². The van der Waals surface area contributed by atoms with E-state index in [9.17, 15) is 14.0 Å². The Morgan fingerprint density at radius 2 is 1.58 bits per heavy atom. The van der Waals surface area contributed by atoms with Gasteiger partial charge >= 0.3 is 0 Å². The van der Waals surface area contributed by atoms with E-state index in [0.717, 1.165) is 16.8 Å². The molecule has 0 bridgehead atoms. The third kappa shape index (κ3) is 5.01. The van der Waals surface area contributed by atoms with Crippen LogP contribution in [0.25, 0.3) is 5.57 Å². The van der Waals surface area contributed by atoms with Crippen molar-refractivity contribution in [2.75, 3.05) is 42.6 Å². The molecular formula is C31H32FN3O3. The first-order valence-corrected chi connectivity index (χ1v) is 12.9. The summed E-state index contributed by atoms with van der Waals surface area (Å²) in [4.78, 5) is 31.9. The highest BCUT2D eigenvalue weighted by molar-refractivity contribution is 6.09. The van der Waals surface area contributed by atoms with Crippen LogP contribution >= 0.6 is 0 Å². The second-order valence-corrected chi connectivity index (χ2v) is 10.3. The first-order valence-electron chi connectivity index (χ1n) is 12.9. The Labute approximate surface area is 222 Å². The third-order valence-corrected chi connectivity index (χ3v) is 7.19. The number of para-hydroxylation sites is 1. The fourth-order valence-corrected chi connectivity index (χ4v) is 5.32. The predicted molar refractivity (Wildman–Crippen MR) is 148 cm³/mol. The number of anilines is 2. The van der Waals surface area contributed by atoms with Crippen LogP contribution in [0.5, 0.6) is 5.75 Å². The molecule has 3 aromatic carbocycles.